The Balaban J connectivity index is 1.57. The van der Waals surface area contributed by atoms with Gasteiger partial charge in [-0.1, -0.05) is 24.3 Å². The molecule has 0 atom stereocenters. The van der Waals surface area contributed by atoms with E-state index in [0.29, 0.717) is 12.2 Å². The van der Waals surface area contributed by atoms with Gasteiger partial charge >= 0.3 is 0 Å². The molecule has 0 spiro atoms. The van der Waals surface area contributed by atoms with E-state index in [-0.39, 0.29) is 0 Å². The number of imidazole rings is 1. The molecule has 3 aromatic heterocycles. The van der Waals surface area contributed by atoms with Crippen molar-refractivity contribution in [3.8, 4) is 11.9 Å². The first-order valence-corrected chi connectivity index (χ1v) is 7.80. The summed E-state index contributed by atoms with van der Waals surface area (Å²) in [4.78, 5) is 12.8. The number of nitriles is 1. The summed E-state index contributed by atoms with van der Waals surface area (Å²) in [5.41, 5.74) is 3.14. The SMILES string of the molecule is N#Cc1cc(NCc2ccc(-n3ccnc3)nc2)c2ccccc2n1. The van der Waals surface area contributed by atoms with Gasteiger partial charge in [-0.3, -0.25) is 4.57 Å². The van der Waals surface area contributed by atoms with Crippen LogP contribution in [-0.4, -0.2) is 19.5 Å². The molecule has 0 saturated heterocycles. The maximum atomic E-state index is 9.17. The highest BCUT2D eigenvalue weighted by atomic mass is 15.1. The van der Waals surface area contributed by atoms with Crippen LogP contribution in [0.4, 0.5) is 5.69 Å². The van der Waals surface area contributed by atoms with Crippen molar-refractivity contribution in [3.05, 3.63) is 78.6 Å². The molecular weight excluding hydrogens is 312 g/mol. The van der Waals surface area contributed by atoms with E-state index in [0.717, 1.165) is 28.0 Å². The van der Waals surface area contributed by atoms with Gasteiger partial charge < -0.3 is 5.32 Å². The standard InChI is InChI=1S/C19H14N6/c20-10-15-9-18(16-3-1-2-4-17(16)24-15)22-11-14-5-6-19(23-12-14)25-8-7-21-13-25/h1-9,12-13H,11H2,(H,22,24). The third-order valence-electron chi connectivity index (χ3n) is 3.89. The molecule has 1 aromatic carbocycles. The summed E-state index contributed by atoms with van der Waals surface area (Å²) in [5, 5.41) is 13.5. The van der Waals surface area contributed by atoms with Crippen LogP contribution < -0.4 is 5.32 Å². The van der Waals surface area contributed by atoms with Crippen LogP contribution in [0.25, 0.3) is 16.7 Å². The van der Waals surface area contributed by atoms with Crippen LogP contribution in [0.5, 0.6) is 0 Å². The zero-order chi connectivity index (χ0) is 17.1. The molecule has 0 aliphatic heterocycles. The van der Waals surface area contributed by atoms with Gasteiger partial charge in [0, 0.05) is 36.2 Å². The lowest BCUT2D eigenvalue weighted by atomic mass is 10.1. The fourth-order valence-electron chi connectivity index (χ4n) is 2.64. The number of fused-ring (bicyclic) bond motifs is 1. The number of nitrogens with one attached hydrogen (secondary N) is 1. The quantitative estimate of drug-likeness (QED) is 0.622. The lowest BCUT2D eigenvalue weighted by molar-refractivity contribution is 0.978. The van der Waals surface area contributed by atoms with E-state index < -0.39 is 0 Å². The fourth-order valence-corrected chi connectivity index (χ4v) is 2.64. The molecule has 3 heterocycles. The Morgan fingerprint density at radius 2 is 2.08 bits per heavy atom. The molecule has 0 unspecified atom stereocenters. The Labute approximate surface area is 144 Å². The Morgan fingerprint density at radius 3 is 2.84 bits per heavy atom. The monoisotopic (exact) mass is 326 g/mol. The maximum absolute atomic E-state index is 9.17. The normalized spacial score (nSPS) is 10.5. The van der Waals surface area contributed by atoms with Crippen molar-refractivity contribution in [2.45, 2.75) is 6.54 Å². The van der Waals surface area contributed by atoms with Gasteiger partial charge in [0.25, 0.3) is 0 Å². The molecule has 0 aliphatic carbocycles. The van der Waals surface area contributed by atoms with Crippen molar-refractivity contribution in [2.24, 2.45) is 0 Å². The fraction of sp³-hybridized carbons (Fsp3) is 0.0526. The van der Waals surface area contributed by atoms with Crippen LogP contribution in [0, 0.1) is 11.3 Å². The average molecular weight is 326 g/mol. The van der Waals surface area contributed by atoms with Crippen molar-refractivity contribution in [1.29, 1.82) is 5.26 Å². The molecule has 1 N–H and O–H groups in total. The molecule has 6 heteroatoms. The minimum absolute atomic E-state index is 0.398. The van der Waals surface area contributed by atoms with E-state index in [1.165, 1.54) is 0 Å². The molecule has 0 fully saturated rings. The molecule has 120 valence electrons. The van der Waals surface area contributed by atoms with E-state index in [2.05, 4.69) is 26.3 Å². The molecule has 0 aliphatic rings. The number of aromatic nitrogens is 4. The maximum Gasteiger partial charge on any atom is 0.143 e. The van der Waals surface area contributed by atoms with E-state index >= 15 is 0 Å². The lowest BCUT2D eigenvalue weighted by Crippen LogP contribution is -2.03. The summed E-state index contributed by atoms with van der Waals surface area (Å²) >= 11 is 0. The molecule has 4 rings (SSSR count). The van der Waals surface area contributed by atoms with E-state index in [1.807, 2.05) is 53.4 Å². The minimum Gasteiger partial charge on any atom is -0.380 e. The summed E-state index contributed by atoms with van der Waals surface area (Å²) in [6, 6.07) is 15.6. The van der Waals surface area contributed by atoms with Crippen LogP contribution in [0.2, 0.25) is 0 Å². The minimum atomic E-state index is 0.398. The summed E-state index contributed by atoms with van der Waals surface area (Å²) in [5.74, 6) is 0.822. The van der Waals surface area contributed by atoms with E-state index in [9.17, 15) is 5.26 Å². The number of para-hydroxylation sites is 1. The van der Waals surface area contributed by atoms with Crippen LogP contribution in [0.3, 0.4) is 0 Å². The Morgan fingerprint density at radius 1 is 1.16 bits per heavy atom. The van der Waals surface area contributed by atoms with E-state index in [1.54, 1.807) is 18.6 Å². The van der Waals surface area contributed by atoms with Crippen LogP contribution in [-0.2, 0) is 6.54 Å². The van der Waals surface area contributed by atoms with Gasteiger partial charge in [-0.15, -0.1) is 0 Å². The zero-order valence-corrected chi connectivity index (χ0v) is 13.3. The van der Waals surface area contributed by atoms with Gasteiger partial charge in [0.05, 0.1) is 5.52 Å². The lowest BCUT2D eigenvalue weighted by Gasteiger charge is -2.10. The van der Waals surface area contributed by atoms with Gasteiger partial charge in [-0.25, -0.2) is 15.0 Å². The summed E-state index contributed by atoms with van der Waals surface area (Å²) in [7, 11) is 0. The van der Waals surface area contributed by atoms with Crippen molar-refractivity contribution in [3.63, 3.8) is 0 Å². The average Bonchev–Trinajstić information content (AvgIpc) is 3.21. The number of hydrogen-bond donors (Lipinski definition) is 1. The van der Waals surface area contributed by atoms with Crippen molar-refractivity contribution in [1.82, 2.24) is 19.5 Å². The van der Waals surface area contributed by atoms with Crippen molar-refractivity contribution in [2.75, 3.05) is 5.32 Å². The highest BCUT2D eigenvalue weighted by Gasteiger charge is 2.05. The first kappa shape index (κ1) is 14.8. The zero-order valence-electron chi connectivity index (χ0n) is 13.3. The summed E-state index contributed by atoms with van der Waals surface area (Å²) in [6.45, 7) is 0.607. The third kappa shape index (κ3) is 3.03. The number of pyridine rings is 2. The Kier molecular flexibility index (Phi) is 3.81. The predicted molar refractivity (Wildman–Crippen MR) is 95.1 cm³/mol. The van der Waals surface area contributed by atoms with Crippen LogP contribution in [0.15, 0.2) is 67.4 Å². The van der Waals surface area contributed by atoms with Gasteiger partial charge in [-0.05, 0) is 23.8 Å². The third-order valence-corrected chi connectivity index (χ3v) is 3.89. The molecule has 4 aromatic rings. The highest BCUT2D eigenvalue weighted by Crippen LogP contribution is 2.23. The second kappa shape index (κ2) is 6.42. The largest absolute Gasteiger partial charge is 0.380 e. The second-order valence-corrected chi connectivity index (χ2v) is 5.53. The first-order valence-electron chi connectivity index (χ1n) is 7.80. The van der Waals surface area contributed by atoms with Crippen LogP contribution >= 0.6 is 0 Å². The number of hydrogen-bond acceptors (Lipinski definition) is 5. The van der Waals surface area contributed by atoms with Gasteiger partial charge in [-0.2, -0.15) is 5.26 Å². The Hall–Kier alpha value is -3.72. The molecule has 6 nitrogen and oxygen atoms in total. The smallest absolute Gasteiger partial charge is 0.143 e. The summed E-state index contributed by atoms with van der Waals surface area (Å²) in [6.07, 6.45) is 7.12. The van der Waals surface area contributed by atoms with Crippen LogP contribution in [0.1, 0.15) is 11.3 Å². The van der Waals surface area contributed by atoms with Crippen molar-refractivity contribution < 1.29 is 0 Å². The summed E-state index contributed by atoms with van der Waals surface area (Å²) < 4.78 is 1.85. The molecule has 0 radical (unpaired) electrons. The van der Waals surface area contributed by atoms with Gasteiger partial charge in [0.15, 0.2) is 0 Å². The number of rotatable bonds is 4. The number of benzene rings is 1. The first-order chi connectivity index (χ1) is 12.3. The number of nitrogens with zero attached hydrogens (tertiary/aromatic N) is 5. The molecule has 0 saturated carbocycles. The Bertz CT molecular complexity index is 1050. The molecular formula is C19H14N6. The molecule has 25 heavy (non-hydrogen) atoms. The second-order valence-electron chi connectivity index (χ2n) is 5.53. The molecule has 0 bridgehead atoms. The van der Waals surface area contributed by atoms with Crippen molar-refractivity contribution >= 4 is 16.6 Å². The molecule has 0 amide bonds. The van der Waals surface area contributed by atoms with E-state index in [4.69, 9.17) is 0 Å². The number of anilines is 1. The predicted octanol–water partition coefficient (Wildman–Crippen LogP) is 3.30. The van der Waals surface area contributed by atoms with Gasteiger partial charge in [0.2, 0.25) is 0 Å². The topological polar surface area (TPSA) is 79.4 Å². The van der Waals surface area contributed by atoms with Gasteiger partial charge in [0.1, 0.15) is 23.9 Å². The highest BCUT2D eigenvalue weighted by molar-refractivity contribution is 5.91.